The zero-order chi connectivity index (χ0) is 19.7. The van der Waals surface area contributed by atoms with Crippen LogP contribution in [0.2, 0.25) is 0 Å². The van der Waals surface area contributed by atoms with E-state index in [1.54, 1.807) is 18.5 Å². The summed E-state index contributed by atoms with van der Waals surface area (Å²) in [6, 6.07) is 7.35. The van der Waals surface area contributed by atoms with Gasteiger partial charge >= 0.3 is 0 Å². The van der Waals surface area contributed by atoms with Crippen LogP contribution in [-0.2, 0) is 0 Å². The molecule has 1 fully saturated rings. The van der Waals surface area contributed by atoms with E-state index in [0.29, 0.717) is 30.1 Å². The Morgan fingerprint density at radius 2 is 2.00 bits per heavy atom. The van der Waals surface area contributed by atoms with E-state index in [2.05, 4.69) is 27.1 Å². The molecule has 28 heavy (non-hydrogen) atoms. The van der Waals surface area contributed by atoms with Gasteiger partial charge in [-0.2, -0.15) is 9.71 Å². The van der Waals surface area contributed by atoms with Crippen molar-refractivity contribution in [1.82, 2.24) is 19.7 Å². The van der Waals surface area contributed by atoms with Gasteiger partial charge in [-0.25, -0.2) is 4.98 Å². The topological polar surface area (TPSA) is 79.1 Å². The molecule has 0 radical (unpaired) electrons. The van der Waals surface area contributed by atoms with Crippen LogP contribution in [0.25, 0.3) is 11.1 Å². The number of aryl methyl sites for hydroxylation is 2. The minimum absolute atomic E-state index is 0.242. The first-order chi connectivity index (χ1) is 13.5. The predicted molar refractivity (Wildman–Crippen MR) is 104 cm³/mol. The lowest BCUT2D eigenvalue weighted by Crippen LogP contribution is -2.23. The van der Waals surface area contributed by atoms with E-state index in [-0.39, 0.29) is 5.56 Å². The lowest BCUT2D eigenvalue weighted by Gasteiger charge is -2.12. The molecule has 3 aromatic heterocycles. The number of hydrogen-bond acceptors (Lipinski definition) is 6. The summed E-state index contributed by atoms with van der Waals surface area (Å²) in [5, 5.41) is 0. The Morgan fingerprint density at radius 3 is 2.75 bits per heavy atom. The molecule has 1 saturated carbocycles. The first kappa shape index (κ1) is 18.2. The van der Waals surface area contributed by atoms with E-state index in [1.165, 1.54) is 17.9 Å². The van der Waals surface area contributed by atoms with Crippen LogP contribution >= 0.6 is 0 Å². The Morgan fingerprint density at radius 1 is 1.14 bits per heavy atom. The average molecular weight is 378 g/mol. The Balaban J connectivity index is 1.52. The zero-order valence-electron chi connectivity index (χ0n) is 16.1. The van der Waals surface area contributed by atoms with E-state index < -0.39 is 0 Å². The third-order valence-electron chi connectivity index (χ3n) is 4.93. The molecule has 0 amide bonds. The van der Waals surface area contributed by atoms with Gasteiger partial charge in [0.05, 0.1) is 18.4 Å². The number of aromatic nitrogens is 4. The number of hydrogen-bond donors (Lipinski definition) is 0. The molecule has 3 heterocycles. The van der Waals surface area contributed by atoms with E-state index in [1.807, 2.05) is 20.0 Å². The van der Waals surface area contributed by atoms with Crippen LogP contribution in [-0.4, -0.2) is 33.4 Å². The van der Waals surface area contributed by atoms with Crippen molar-refractivity contribution >= 4 is 0 Å². The van der Waals surface area contributed by atoms with Crippen molar-refractivity contribution in [3.63, 3.8) is 0 Å². The van der Waals surface area contributed by atoms with E-state index in [4.69, 9.17) is 9.57 Å². The van der Waals surface area contributed by atoms with Gasteiger partial charge in [0, 0.05) is 41.6 Å². The Labute approximate surface area is 163 Å². The summed E-state index contributed by atoms with van der Waals surface area (Å²) in [7, 11) is 1.45. The van der Waals surface area contributed by atoms with Gasteiger partial charge in [-0.05, 0) is 38.0 Å². The van der Waals surface area contributed by atoms with E-state index in [0.717, 1.165) is 28.8 Å². The lowest BCUT2D eigenvalue weighted by atomic mass is 10.1. The summed E-state index contributed by atoms with van der Waals surface area (Å²) in [6.07, 6.45) is 6.29. The maximum Gasteiger partial charge on any atom is 0.282 e. The third kappa shape index (κ3) is 3.74. The van der Waals surface area contributed by atoms with Crippen LogP contribution in [0, 0.1) is 19.8 Å². The van der Waals surface area contributed by atoms with Gasteiger partial charge in [-0.3, -0.25) is 9.78 Å². The molecule has 2 atom stereocenters. The average Bonchev–Trinajstić information content (AvgIpc) is 3.47. The fraction of sp³-hybridized carbons (Fsp3) is 0.333. The summed E-state index contributed by atoms with van der Waals surface area (Å²) in [6.45, 7) is 4.42. The fourth-order valence-corrected chi connectivity index (χ4v) is 3.21. The van der Waals surface area contributed by atoms with Crippen molar-refractivity contribution in [2.45, 2.75) is 26.2 Å². The van der Waals surface area contributed by atoms with Gasteiger partial charge in [-0.1, -0.05) is 6.07 Å². The maximum atomic E-state index is 11.8. The van der Waals surface area contributed by atoms with E-state index >= 15 is 0 Å². The number of ether oxygens (including phenoxy) is 1. The Kier molecular flexibility index (Phi) is 4.81. The van der Waals surface area contributed by atoms with Gasteiger partial charge in [-0.15, -0.1) is 0 Å². The quantitative estimate of drug-likeness (QED) is 0.656. The maximum absolute atomic E-state index is 11.8. The number of rotatable bonds is 6. The fourth-order valence-electron chi connectivity index (χ4n) is 3.21. The molecule has 0 unspecified atom stereocenters. The van der Waals surface area contributed by atoms with Crippen molar-refractivity contribution in [2.24, 2.45) is 5.92 Å². The highest BCUT2D eigenvalue weighted by Gasteiger charge is 2.40. The second-order valence-corrected chi connectivity index (χ2v) is 7.07. The molecule has 1 aliphatic rings. The van der Waals surface area contributed by atoms with Crippen molar-refractivity contribution < 1.29 is 9.57 Å². The second-order valence-electron chi connectivity index (χ2n) is 7.07. The Bertz CT molecular complexity index is 1050. The molecule has 0 N–H and O–H groups in total. The first-order valence-electron chi connectivity index (χ1n) is 9.21. The third-order valence-corrected chi connectivity index (χ3v) is 4.93. The van der Waals surface area contributed by atoms with Crippen molar-refractivity contribution in [2.75, 3.05) is 13.7 Å². The van der Waals surface area contributed by atoms with Gasteiger partial charge in [0.25, 0.3) is 5.56 Å². The van der Waals surface area contributed by atoms with Gasteiger partial charge in [0.2, 0.25) is 5.88 Å². The van der Waals surface area contributed by atoms with Crippen molar-refractivity contribution in [1.29, 1.82) is 0 Å². The number of pyridine rings is 2. The van der Waals surface area contributed by atoms with Crippen LogP contribution in [0.4, 0.5) is 0 Å². The summed E-state index contributed by atoms with van der Waals surface area (Å²) in [5.41, 5.74) is 3.51. The molecule has 1 aliphatic carbocycles. The summed E-state index contributed by atoms with van der Waals surface area (Å²) in [4.78, 5) is 30.1. The van der Waals surface area contributed by atoms with Crippen molar-refractivity contribution in [3.05, 3.63) is 70.3 Å². The minimum Gasteiger partial charge on any atom is -0.477 e. The van der Waals surface area contributed by atoms with Gasteiger partial charge < -0.3 is 9.57 Å². The van der Waals surface area contributed by atoms with Gasteiger partial charge in [0.15, 0.2) is 0 Å². The van der Waals surface area contributed by atoms with Gasteiger partial charge in [0.1, 0.15) is 12.9 Å². The Hall–Kier alpha value is -3.22. The molecule has 4 rings (SSSR count). The SMILES string of the molecule is COn1cc(-c2cnc(C)nc2OC[C@H]2C[C@@H]2c2ccc(C)cn2)ccc1=O. The normalized spacial score (nSPS) is 18.0. The molecular weight excluding hydrogens is 356 g/mol. The molecule has 0 bridgehead atoms. The van der Waals surface area contributed by atoms with Crippen LogP contribution < -0.4 is 15.1 Å². The van der Waals surface area contributed by atoms with Crippen molar-refractivity contribution in [3.8, 4) is 17.0 Å². The zero-order valence-corrected chi connectivity index (χ0v) is 16.1. The summed E-state index contributed by atoms with van der Waals surface area (Å²) >= 11 is 0. The second kappa shape index (κ2) is 7.42. The molecule has 3 aromatic rings. The molecule has 144 valence electrons. The highest BCUT2D eigenvalue weighted by molar-refractivity contribution is 5.66. The van der Waals surface area contributed by atoms with Crippen LogP contribution in [0.3, 0.4) is 0 Å². The first-order valence-corrected chi connectivity index (χ1v) is 9.21. The molecule has 0 saturated heterocycles. The summed E-state index contributed by atoms with van der Waals surface area (Å²) < 4.78 is 7.23. The molecule has 0 spiro atoms. The lowest BCUT2D eigenvalue weighted by molar-refractivity contribution is 0.157. The van der Waals surface area contributed by atoms with E-state index in [9.17, 15) is 4.79 Å². The van der Waals surface area contributed by atoms with Crippen LogP contribution in [0.15, 0.2) is 47.7 Å². The predicted octanol–water partition coefficient (Wildman–Crippen LogP) is 2.56. The summed E-state index contributed by atoms with van der Waals surface area (Å²) in [5.74, 6) is 2.00. The van der Waals surface area contributed by atoms with Crippen LogP contribution in [0.1, 0.15) is 29.4 Å². The molecular formula is C21H22N4O3. The molecule has 0 aromatic carbocycles. The monoisotopic (exact) mass is 378 g/mol. The highest BCUT2D eigenvalue weighted by Crippen LogP contribution is 2.47. The van der Waals surface area contributed by atoms with Crippen LogP contribution in [0.5, 0.6) is 5.88 Å². The number of nitrogens with zero attached hydrogens (tertiary/aromatic N) is 4. The molecule has 0 aliphatic heterocycles. The standard InChI is InChI=1S/C21H22N4O3/c1-13-4-6-19(23-9-13)17-8-16(17)12-28-21-18(10-22-14(2)24-21)15-5-7-20(26)25(11-15)27-3/h4-7,9-11,16-17H,8,12H2,1-3H3/t16-,17+/m1/s1. The largest absolute Gasteiger partial charge is 0.477 e. The molecule has 7 nitrogen and oxygen atoms in total. The highest BCUT2D eigenvalue weighted by atomic mass is 16.6. The molecule has 7 heteroatoms. The minimum atomic E-state index is -0.242. The smallest absolute Gasteiger partial charge is 0.282 e.